The van der Waals surface area contributed by atoms with Gasteiger partial charge in [0.05, 0.1) is 32.0 Å². The number of pyridine rings is 1. The molecule has 0 amide bonds. The Balaban J connectivity index is 2.07. The van der Waals surface area contributed by atoms with Gasteiger partial charge in [-0.25, -0.2) is 9.18 Å². The van der Waals surface area contributed by atoms with Crippen molar-refractivity contribution >= 4 is 23.2 Å². The lowest BCUT2D eigenvalue weighted by Crippen LogP contribution is -2.30. The van der Waals surface area contributed by atoms with E-state index in [0.717, 1.165) is 0 Å². The maximum atomic E-state index is 15.0. The fraction of sp³-hybridized carbons (Fsp3) is 0.222. The molecule has 4 aromatic rings. The van der Waals surface area contributed by atoms with Gasteiger partial charge in [0.25, 0.3) is 5.56 Å². The van der Waals surface area contributed by atoms with Gasteiger partial charge in [0, 0.05) is 29.6 Å². The highest BCUT2D eigenvalue weighted by Gasteiger charge is 2.27. The molecule has 0 atom stereocenters. The van der Waals surface area contributed by atoms with Crippen molar-refractivity contribution in [3.8, 4) is 28.5 Å². The zero-order chi connectivity index (χ0) is 27.0. The van der Waals surface area contributed by atoms with Crippen molar-refractivity contribution in [1.29, 1.82) is 0 Å². The lowest BCUT2D eigenvalue weighted by molar-refractivity contribution is 0.0690. The summed E-state index contributed by atoms with van der Waals surface area (Å²) in [5.41, 5.74) is -0.0260. The quantitative estimate of drug-likeness (QED) is 0.345. The summed E-state index contributed by atoms with van der Waals surface area (Å²) >= 11 is 0. The zero-order valence-corrected chi connectivity index (χ0v) is 20.7. The zero-order valence-electron chi connectivity index (χ0n) is 20.7. The number of aryl methyl sites for hydroxylation is 1. The molecule has 37 heavy (non-hydrogen) atoms. The molecule has 10 heteroatoms. The van der Waals surface area contributed by atoms with Crippen LogP contribution < -0.4 is 15.0 Å². The highest BCUT2D eigenvalue weighted by atomic mass is 19.1. The van der Waals surface area contributed by atoms with Crippen molar-refractivity contribution in [3.63, 3.8) is 0 Å². The van der Waals surface area contributed by atoms with E-state index in [1.165, 1.54) is 29.4 Å². The Hall–Kier alpha value is -4.60. The van der Waals surface area contributed by atoms with Gasteiger partial charge in [-0.2, -0.15) is 0 Å². The van der Waals surface area contributed by atoms with Crippen LogP contribution in [0.2, 0.25) is 0 Å². The number of fused-ring (bicyclic) bond motifs is 1. The number of carboxylic acid groups (broad SMARTS) is 1. The molecule has 9 nitrogen and oxygen atoms in total. The second-order valence-corrected chi connectivity index (χ2v) is 8.39. The molecule has 192 valence electrons. The third kappa shape index (κ3) is 4.10. The number of methoxy groups -OCH3 is 2. The van der Waals surface area contributed by atoms with Crippen LogP contribution in [-0.2, 0) is 20.0 Å². The minimum Gasteiger partial charge on any atom is -0.506 e. The van der Waals surface area contributed by atoms with E-state index in [2.05, 4.69) is 0 Å². The molecule has 2 aromatic heterocycles. The average Bonchev–Trinajstić information content (AvgIpc) is 3.13. The number of carbonyl (C=O) groups is 2. The smallest absolute Gasteiger partial charge is 0.345 e. The molecule has 0 saturated heterocycles. The minimum absolute atomic E-state index is 0.107. The first kappa shape index (κ1) is 25.5. The summed E-state index contributed by atoms with van der Waals surface area (Å²) < 4.78 is 28.4. The first-order chi connectivity index (χ1) is 17.7. The summed E-state index contributed by atoms with van der Waals surface area (Å²) in [6, 6.07) is 9.70. The third-order valence-corrected chi connectivity index (χ3v) is 6.49. The fourth-order valence-electron chi connectivity index (χ4n) is 4.62. The second kappa shape index (κ2) is 9.81. The Morgan fingerprint density at radius 3 is 2.46 bits per heavy atom. The molecule has 0 saturated carbocycles. The summed E-state index contributed by atoms with van der Waals surface area (Å²) in [4.78, 5) is 36.9. The van der Waals surface area contributed by atoms with Gasteiger partial charge in [0.15, 0.2) is 17.7 Å². The first-order valence-corrected chi connectivity index (χ1v) is 11.3. The van der Waals surface area contributed by atoms with Crippen LogP contribution in [-0.4, -0.2) is 45.8 Å². The molecule has 2 heterocycles. The topological polar surface area (TPSA) is 120 Å². The standard InChI is InChI=1S/C27H25FN2O7/c1-5-17-24(14-7-9-19-18(10-14)23(28)20(13-31)29(19)2)30(26(33)22(25(17)32)27(34)35)12-15-6-8-16(36-3)11-21(15)37-4/h6-11,13,32H,5,12H2,1-4H3,(H,34,35). The number of carboxylic acids is 1. The van der Waals surface area contributed by atoms with Crippen molar-refractivity contribution in [3.05, 3.63) is 75.0 Å². The van der Waals surface area contributed by atoms with Crippen molar-refractivity contribution in [2.45, 2.75) is 19.9 Å². The molecule has 2 aromatic carbocycles. The van der Waals surface area contributed by atoms with E-state index in [1.807, 2.05) is 0 Å². The molecule has 0 bridgehead atoms. The van der Waals surface area contributed by atoms with Crippen molar-refractivity contribution < 1.29 is 33.7 Å². The van der Waals surface area contributed by atoms with Gasteiger partial charge < -0.3 is 28.8 Å². The van der Waals surface area contributed by atoms with Gasteiger partial charge in [-0.3, -0.25) is 9.59 Å². The predicted octanol–water partition coefficient (Wildman–Crippen LogP) is 3.99. The van der Waals surface area contributed by atoms with Crippen molar-refractivity contribution in [2.24, 2.45) is 7.05 Å². The second-order valence-electron chi connectivity index (χ2n) is 8.39. The number of benzene rings is 2. The van der Waals surface area contributed by atoms with E-state index < -0.39 is 28.7 Å². The summed E-state index contributed by atoms with van der Waals surface area (Å²) in [5, 5.41) is 20.7. The number of hydrogen-bond donors (Lipinski definition) is 2. The summed E-state index contributed by atoms with van der Waals surface area (Å²) in [7, 11) is 4.51. The van der Waals surface area contributed by atoms with Gasteiger partial charge in [0.1, 0.15) is 22.9 Å². The number of aromatic hydroxyl groups is 1. The highest BCUT2D eigenvalue weighted by Crippen LogP contribution is 2.36. The molecular weight excluding hydrogens is 483 g/mol. The van der Waals surface area contributed by atoms with E-state index in [0.29, 0.717) is 34.4 Å². The molecule has 4 rings (SSSR count). The van der Waals surface area contributed by atoms with Crippen LogP contribution in [0, 0.1) is 5.82 Å². The summed E-state index contributed by atoms with van der Waals surface area (Å²) in [6.07, 6.45) is 0.599. The van der Waals surface area contributed by atoms with E-state index in [9.17, 15) is 24.6 Å². The number of aldehydes is 1. The SMILES string of the molecule is CCc1c(O)c(C(=O)O)c(=O)n(Cc2ccc(OC)cc2OC)c1-c1ccc2c(c1)c(F)c(C=O)n2C. The molecule has 0 spiro atoms. The predicted molar refractivity (Wildman–Crippen MR) is 135 cm³/mol. The summed E-state index contributed by atoms with van der Waals surface area (Å²) in [6.45, 7) is 1.60. The molecule has 0 aliphatic rings. The van der Waals surface area contributed by atoms with Crippen molar-refractivity contribution in [2.75, 3.05) is 14.2 Å². The highest BCUT2D eigenvalue weighted by molar-refractivity contribution is 5.94. The van der Waals surface area contributed by atoms with Gasteiger partial charge >= 0.3 is 5.97 Å². The molecular formula is C27H25FN2O7. The van der Waals surface area contributed by atoms with E-state index >= 15 is 4.39 Å². The van der Waals surface area contributed by atoms with Gasteiger partial charge in [-0.15, -0.1) is 0 Å². The molecule has 0 unspecified atom stereocenters. The van der Waals surface area contributed by atoms with Gasteiger partial charge in [-0.1, -0.05) is 13.0 Å². The molecule has 0 aliphatic heterocycles. The number of aromatic carboxylic acids is 1. The van der Waals surface area contributed by atoms with E-state index in [-0.39, 0.29) is 35.3 Å². The number of rotatable bonds is 8. The third-order valence-electron chi connectivity index (χ3n) is 6.49. The monoisotopic (exact) mass is 508 g/mol. The first-order valence-electron chi connectivity index (χ1n) is 11.3. The van der Waals surface area contributed by atoms with Crippen LogP contribution in [0.4, 0.5) is 4.39 Å². The number of ether oxygens (including phenoxy) is 2. The lowest BCUT2D eigenvalue weighted by atomic mass is 9.98. The van der Waals surface area contributed by atoms with Crippen LogP contribution in [0.15, 0.2) is 41.2 Å². The Labute approximate surface area is 210 Å². The Morgan fingerprint density at radius 2 is 1.86 bits per heavy atom. The van der Waals surface area contributed by atoms with Crippen LogP contribution in [0.3, 0.4) is 0 Å². The van der Waals surface area contributed by atoms with Crippen LogP contribution in [0.5, 0.6) is 17.2 Å². The van der Waals surface area contributed by atoms with Crippen LogP contribution >= 0.6 is 0 Å². The number of carbonyl (C=O) groups excluding carboxylic acids is 1. The maximum Gasteiger partial charge on any atom is 0.345 e. The molecule has 0 aliphatic carbocycles. The van der Waals surface area contributed by atoms with E-state index in [1.54, 1.807) is 44.3 Å². The van der Waals surface area contributed by atoms with E-state index in [4.69, 9.17) is 9.47 Å². The van der Waals surface area contributed by atoms with Crippen LogP contribution in [0.25, 0.3) is 22.2 Å². The number of nitrogens with zero attached hydrogens (tertiary/aromatic N) is 2. The molecule has 0 radical (unpaired) electrons. The largest absolute Gasteiger partial charge is 0.506 e. The van der Waals surface area contributed by atoms with Gasteiger partial charge in [-0.05, 0) is 36.2 Å². The minimum atomic E-state index is -1.57. The Bertz CT molecular complexity index is 1620. The maximum absolute atomic E-state index is 15.0. The van der Waals surface area contributed by atoms with Crippen molar-refractivity contribution in [1.82, 2.24) is 9.13 Å². The average molecular weight is 509 g/mol. The number of halogens is 1. The Morgan fingerprint density at radius 1 is 1.14 bits per heavy atom. The van der Waals surface area contributed by atoms with Gasteiger partial charge in [0.2, 0.25) is 0 Å². The number of hydrogen-bond acceptors (Lipinski definition) is 6. The summed E-state index contributed by atoms with van der Waals surface area (Å²) in [5.74, 6) is -2.00. The molecule has 2 N–H and O–H groups in total. The fourth-order valence-corrected chi connectivity index (χ4v) is 4.62. The molecule has 0 fully saturated rings. The Kier molecular flexibility index (Phi) is 6.76. The number of aromatic nitrogens is 2. The normalized spacial score (nSPS) is 11.1. The van der Waals surface area contributed by atoms with Crippen LogP contribution in [0.1, 0.15) is 38.9 Å². The lowest BCUT2D eigenvalue weighted by Gasteiger charge is -2.21.